The Balaban J connectivity index is 2.61. The van der Waals surface area contributed by atoms with E-state index in [0.717, 1.165) is 31.9 Å². The van der Waals surface area contributed by atoms with Crippen molar-refractivity contribution in [3.8, 4) is 0 Å². The molecular formula is C12H19F3N4. The minimum Gasteiger partial charge on any atom is -0.396 e. The van der Waals surface area contributed by atoms with Crippen LogP contribution in [0.4, 0.5) is 24.7 Å². The number of halogens is 3. The number of nitrogens with two attached hydrogens (primary N) is 1. The summed E-state index contributed by atoms with van der Waals surface area (Å²) in [6.07, 6.45) is -3.63. The zero-order chi connectivity index (χ0) is 14.5. The van der Waals surface area contributed by atoms with Crippen molar-refractivity contribution in [3.05, 3.63) is 17.8 Å². The number of pyridine rings is 1. The first kappa shape index (κ1) is 15.6. The molecule has 0 aliphatic carbocycles. The molecule has 0 aliphatic rings. The van der Waals surface area contributed by atoms with Crippen LogP contribution >= 0.6 is 0 Å². The molecule has 0 aromatic carbocycles. The van der Waals surface area contributed by atoms with Crippen LogP contribution in [0.3, 0.4) is 0 Å². The number of hydrogen-bond donors (Lipinski definition) is 2. The average molecular weight is 276 g/mol. The Morgan fingerprint density at radius 3 is 2.42 bits per heavy atom. The number of nitrogen functional groups attached to an aromatic ring is 1. The Kier molecular flexibility index (Phi) is 5.41. The van der Waals surface area contributed by atoms with Crippen molar-refractivity contribution in [3.63, 3.8) is 0 Å². The highest BCUT2D eigenvalue weighted by molar-refractivity contribution is 5.62. The third kappa shape index (κ3) is 4.59. The van der Waals surface area contributed by atoms with E-state index in [-0.39, 0.29) is 5.69 Å². The summed E-state index contributed by atoms with van der Waals surface area (Å²) in [4.78, 5) is 5.91. The highest BCUT2D eigenvalue weighted by atomic mass is 19.4. The first-order valence-electron chi connectivity index (χ1n) is 6.17. The molecule has 4 nitrogen and oxygen atoms in total. The zero-order valence-corrected chi connectivity index (χ0v) is 11.1. The molecule has 7 heteroatoms. The number of hydrogen-bond acceptors (Lipinski definition) is 4. The fourth-order valence-electron chi connectivity index (χ4n) is 1.66. The minimum absolute atomic E-state index is 0.00868. The second kappa shape index (κ2) is 6.60. The number of rotatable bonds is 6. The normalized spacial score (nSPS) is 11.9. The molecule has 0 aliphatic heterocycles. The van der Waals surface area contributed by atoms with E-state index in [1.54, 1.807) is 0 Å². The van der Waals surface area contributed by atoms with Gasteiger partial charge < -0.3 is 16.0 Å². The number of nitrogens with one attached hydrogen (secondary N) is 1. The van der Waals surface area contributed by atoms with Gasteiger partial charge in [-0.2, -0.15) is 13.2 Å². The number of likely N-dealkylation sites (N-methyl/N-ethyl adjacent to an activating group) is 1. The molecule has 0 saturated heterocycles. The van der Waals surface area contributed by atoms with Gasteiger partial charge in [0, 0.05) is 19.3 Å². The van der Waals surface area contributed by atoms with Crippen LogP contribution in [0.1, 0.15) is 19.4 Å². The lowest BCUT2D eigenvalue weighted by Crippen LogP contribution is -2.29. The summed E-state index contributed by atoms with van der Waals surface area (Å²) >= 11 is 0. The molecule has 1 aromatic rings. The number of aromatic nitrogens is 1. The van der Waals surface area contributed by atoms with Gasteiger partial charge in [0.05, 0.1) is 11.3 Å². The highest BCUT2D eigenvalue weighted by Crippen LogP contribution is 2.31. The maximum absolute atomic E-state index is 12.4. The second-order valence-corrected chi connectivity index (χ2v) is 4.11. The zero-order valence-electron chi connectivity index (χ0n) is 11.1. The number of alkyl halides is 3. The van der Waals surface area contributed by atoms with Crippen LogP contribution in [0.5, 0.6) is 0 Å². The quantitative estimate of drug-likeness (QED) is 0.838. The third-order valence-corrected chi connectivity index (χ3v) is 2.86. The Morgan fingerprint density at radius 2 is 1.95 bits per heavy atom. The van der Waals surface area contributed by atoms with E-state index in [9.17, 15) is 13.2 Å². The van der Waals surface area contributed by atoms with Crippen LogP contribution < -0.4 is 11.1 Å². The topological polar surface area (TPSA) is 54.2 Å². The Labute approximate surface area is 110 Å². The molecule has 1 heterocycles. The molecule has 1 aromatic heterocycles. The van der Waals surface area contributed by atoms with Crippen LogP contribution in [0.15, 0.2) is 12.3 Å². The summed E-state index contributed by atoms with van der Waals surface area (Å²) in [5, 5.41) is 2.95. The van der Waals surface area contributed by atoms with Gasteiger partial charge in [0.1, 0.15) is 5.82 Å². The first-order chi connectivity index (χ1) is 8.88. The molecule has 108 valence electrons. The lowest BCUT2D eigenvalue weighted by atomic mass is 10.2. The highest BCUT2D eigenvalue weighted by Gasteiger charge is 2.31. The van der Waals surface area contributed by atoms with Gasteiger partial charge in [-0.3, -0.25) is 0 Å². The summed E-state index contributed by atoms with van der Waals surface area (Å²) in [6.45, 7) is 7.32. The van der Waals surface area contributed by atoms with Gasteiger partial charge in [-0.1, -0.05) is 13.8 Å². The largest absolute Gasteiger partial charge is 0.417 e. The van der Waals surface area contributed by atoms with Gasteiger partial charge in [-0.15, -0.1) is 0 Å². The molecule has 0 unspecified atom stereocenters. The molecular weight excluding hydrogens is 257 g/mol. The molecule has 0 spiro atoms. The maximum atomic E-state index is 12.4. The summed E-state index contributed by atoms with van der Waals surface area (Å²) in [7, 11) is 0. The van der Waals surface area contributed by atoms with Crippen LogP contribution in [-0.2, 0) is 6.18 Å². The predicted octanol–water partition coefficient (Wildman–Crippen LogP) is 2.44. The van der Waals surface area contributed by atoms with E-state index in [1.807, 2.05) is 13.8 Å². The standard InChI is InChI=1S/C12H19F3N4/c1-3-19(4-2)6-5-17-11-10(16)7-9(8-18-11)12(13,14)15/h7-8H,3-6,16H2,1-2H3,(H,17,18). The SMILES string of the molecule is CCN(CC)CCNc1ncc(C(F)(F)F)cc1N. The van der Waals surface area contributed by atoms with Crippen molar-refractivity contribution in [1.29, 1.82) is 0 Å². The van der Waals surface area contributed by atoms with E-state index >= 15 is 0 Å². The molecule has 0 saturated carbocycles. The van der Waals surface area contributed by atoms with E-state index < -0.39 is 11.7 Å². The van der Waals surface area contributed by atoms with E-state index in [2.05, 4.69) is 15.2 Å². The van der Waals surface area contributed by atoms with Gasteiger partial charge in [0.2, 0.25) is 0 Å². The summed E-state index contributed by atoms with van der Waals surface area (Å²) in [5.41, 5.74) is 4.74. The minimum atomic E-state index is -4.42. The van der Waals surface area contributed by atoms with Crippen molar-refractivity contribution < 1.29 is 13.2 Å². The molecule has 0 radical (unpaired) electrons. The maximum Gasteiger partial charge on any atom is 0.417 e. The van der Waals surface area contributed by atoms with Gasteiger partial charge in [0.15, 0.2) is 0 Å². The lowest BCUT2D eigenvalue weighted by Gasteiger charge is -2.18. The molecule has 1 rings (SSSR count). The van der Waals surface area contributed by atoms with Crippen molar-refractivity contribution in [2.45, 2.75) is 20.0 Å². The third-order valence-electron chi connectivity index (χ3n) is 2.86. The van der Waals surface area contributed by atoms with Crippen molar-refractivity contribution >= 4 is 11.5 Å². The van der Waals surface area contributed by atoms with Crippen LogP contribution in [0.2, 0.25) is 0 Å². The van der Waals surface area contributed by atoms with Gasteiger partial charge in [-0.25, -0.2) is 4.98 Å². The molecule has 0 atom stereocenters. The Bertz CT molecular complexity index is 402. The average Bonchev–Trinajstić information content (AvgIpc) is 2.35. The van der Waals surface area contributed by atoms with Crippen LogP contribution in [0, 0.1) is 0 Å². The van der Waals surface area contributed by atoms with Gasteiger partial charge >= 0.3 is 6.18 Å². The first-order valence-corrected chi connectivity index (χ1v) is 6.17. The lowest BCUT2D eigenvalue weighted by molar-refractivity contribution is -0.137. The Morgan fingerprint density at radius 1 is 1.32 bits per heavy atom. The smallest absolute Gasteiger partial charge is 0.396 e. The second-order valence-electron chi connectivity index (χ2n) is 4.11. The molecule has 19 heavy (non-hydrogen) atoms. The summed E-state index contributed by atoms with van der Waals surface area (Å²) in [5.74, 6) is 0.292. The number of anilines is 2. The van der Waals surface area contributed by atoms with E-state index in [1.165, 1.54) is 0 Å². The fraction of sp³-hybridized carbons (Fsp3) is 0.583. The molecule has 3 N–H and O–H groups in total. The van der Waals surface area contributed by atoms with Crippen LogP contribution in [0.25, 0.3) is 0 Å². The summed E-state index contributed by atoms with van der Waals surface area (Å²) in [6, 6.07) is 0.896. The van der Waals surface area contributed by atoms with Crippen molar-refractivity contribution in [2.75, 3.05) is 37.2 Å². The number of nitrogens with zero attached hydrogens (tertiary/aromatic N) is 2. The van der Waals surface area contributed by atoms with E-state index in [4.69, 9.17) is 5.73 Å². The van der Waals surface area contributed by atoms with Crippen molar-refractivity contribution in [2.24, 2.45) is 0 Å². The van der Waals surface area contributed by atoms with Gasteiger partial charge in [0.25, 0.3) is 0 Å². The fourth-order valence-corrected chi connectivity index (χ4v) is 1.66. The molecule has 0 fully saturated rings. The molecule has 0 amide bonds. The molecule has 0 bridgehead atoms. The van der Waals surface area contributed by atoms with E-state index in [0.29, 0.717) is 12.4 Å². The summed E-state index contributed by atoms with van der Waals surface area (Å²) < 4.78 is 37.3. The Hall–Kier alpha value is -1.50. The monoisotopic (exact) mass is 276 g/mol. The van der Waals surface area contributed by atoms with Crippen LogP contribution in [-0.4, -0.2) is 36.1 Å². The van der Waals surface area contributed by atoms with Gasteiger partial charge in [-0.05, 0) is 19.2 Å². The van der Waals surface area contributed by atoms with Crippen molar-refractivity contribution in [1.82, 2.24) is 9.88 Å². The predicted molar refractivity (Wildman–Crippen MR) is 69.9 cm³/mol.